The third kappa shape index (κ3) is 4.43. The van der Waals surface area contributed by atoms with Crippen LogP contribution < -0.4 is 5.32 Å². The molecule has 2 aromatic carbocycles. The Bertz CT molecular complexity index is 655. The van der Waals surface area contributed by atoms with Gasteiger partial charge in [0.05, 0.1) is 5.56 Å². The Morgan fingerprint density at radius 2 is 1.64 bits per heavy atom. The summed E-state index contributed by atoms with van der Waals surface area (Å²) in [5.41, 5.74) is 1.86. The predicted octanol–water partition coefficient (Wildman–Crippen LogP) is 2.17. The largest absolute Gasteiger partial charge is 0.480 e. The van der Waals surface area contributed by atoms with Gasteiger partial charge in [0.25, 0.3) is 0 Å². The van der Waals surface area contributed by atoms with E-state index in [1.165, 1.54) is 12.1 Å². The van der Waals surface area contributed by atoms with Crippen molar-refractivity contribution in [1.29, 1.82) is 0 Å². The molecular weight excluding hydrogens is 282 g/mol. The molecule has 0 saturated carbocycles. The number of rotatable bonds is 7. The Kier molecular flexibility index (Phi) is 5.27. The molecule has 0 fully saturated rings. The van der Waals surface area contributed by atoms with Gasteiger partial charge >= 0.3 is 11.9 Å². The molecule has 0 heterocycles. The molecule has 0 radical (unpaired) electrons. The van der Waals surface area contributed by atoms with Gasteiger partial charge in [0, 0.05) is 6.54 Å². The van der Waals surface area contributed by atoms with Crippen molar-refractivity contribution in [3.8, 4) is 0 Å². The molecule has 3 N–H and O–H groups in total. The van der Waals surface area contributed by atoms with Crippen LogP contribution in [0.25, 0.3) is 0 Å². The standard InChI is InChI=1S/C17H17NO4/c19-16(20)14-8-4-7-13(9-14)11-18-15(17(21)22)10-12-5-2-1-3-6-12/h1-9,15,18H,10-11H2,(H,19,20)(H,21,22)/t15-/m0/s1. The first-order chi connectivity index (χ1) is 10.6. The maximum absolute atomic E-state index is 11.3. The molecule has 0 unspecified atom stereocenters. The fourth-order valence-electron chi connectivity index (χ4n) is 2.15. The molecule has 5 heteroatoms. The van der Waals surface area contributed by atoms with Gasteiger partial charge in [0.15, 0.2) is 0 Å². The highest BCUT2D eigenvalue weighted by Crippen LogP contribution is 2.08. The van der Waals surface area contributed by atoms with Crippen LogP contribution in [-0.4, -0.2) is 28.2 Å². The van der Waals surface area contributed by atoms with Gasteiger partial charge in [0.2, 0.25) is 0 Å². The van der Waals surface area contributed by atoms with Crippen molar-refractivity contribution < 1.29 is 19.8 Å². The summed E-state index contributed by atoms with van der Waals surface area (Å²) in [6.07, 6.45) is 0.370. The third-order valence-corrected chi connectivity index (χ3v) is 3.31. The summed E-state index contributed by atoms with van der Waals surface area (Å²) in [7, 11) is 0. The molecule has 0 amide bonds. The number of nitrogens with one attached hydrogen (secondary N) is 1. The molecule has 0 aliphatic heterocycles. The molecule has 22 heavy (non-hydrogen) atoms. The maximum Gasteiger partial charge on any atom is 0.335 e. The Hall–Kier alpha value is -2.66. The normalized spacial score (nSPS) is 11.8. The second-order valence-corrected chi connectivity index (χ2v) is 4.97. The monoisotopic (exact) mass is 299 g/mol. The van der Waals surface area contributed by atoms with Crippen molar-refractivity contribution in [1.82, 2.24) is 5.32 Å². The SMILES string of the molecule is O=C(O)c1cccc(CN[C@@H](Cc2ccccc2)C(=O)O)c1. The van der Waals surface area contributed by atoms with Crippen molar-refractivity contribution >= 4 is 11.9 Å². The second-order valence-electron chi connectivity index (χ2n) is 4.97. The van der Waals surface area contributed by atoms with Gasteiger partial charge in [-0.3, -0.25) is 4.79 Å². The van der Waals surface area contributed by atoms with Crippen LogP contribution in [0.15, 0.2) is 54.6 Å². The predicted molar refractivity (Wildman–Crippen MR) is 81.8 cm³/mol. The molecule has 0 spiro atoms. The van der Waals surface area contributed by atoms with Crippen molar-refractivity contribution in [2.45, 2.75) is 19.0 Å². The second kappa shape index (κ2) is 7.38. The lowest BCUT2D eigenvalue weighted by Crippen LogP contribution is -2.38. The van der Waals surface area contributed by atoms with Gasteiger partial charge in [-0.25, -0.2) is 4.79 Å². The van der Waals surface area contributed by atoms with E-state index in [2.05, 4.69) is 5.32 Å². The minimum absolute atomic E-state index is 0.189. The highest BCUT2D eigenvalue weighted by atomic mass is 16.4. The summed E-state index contributed by atoms with van der Waals surface area (Å²) in [6.45, 7) is 0.297. The lowest BCUT2D eigenvalue weighted by atomic mass is 10.1. The Morgan fingerprint density at radius 1 is 0.955 bits per heavy atom. The van der Waals surface area contributed by atoms with E-state index in [0.717, 1.165) is 11.1 Å². The molecule has 0 aromatic heterocycles. The summed E-state index contributed by atoms with van der Waals surface area (Å²) in [5, 5.41) is 21.2. The smallest absolute Gasteiger partial charge is 0.335 e. The minimum Gasteiger partial charge on any atom is -0.480 e. The van der Waals surface area contributed by atoms with Crippen molar-refractivity contribution in [3.63, 3.8) is 0 Å². The average molecular weight is 299 g/mol. The number of carboxylic acids is 2. The van der Waals surface area contributed by atoms with Crippen molar-refractivity contribution in [3.05, 3.63) is 71.3 Å². The van der Waals surface area contributed by atoms with Crippen molar-refractivity contribution in [2.24, 2.45) is 0 Å². The molecule has 2 rings (SSSR count). The summed E-state index contributed by atoms with van der Waals surface area (Å²) < 4.78 is 0. The summed E-state index contributed by atoms with van der Waals surface area (Å²) in [6, 6.07) is 15.1. The number of hydrogen-bond donors (Lipinski definition) is 3. The highest BCUT2D eigenvalue weighted by Gasteiger charge is 2.17. The number of hydrogen-bond acceptors (Lipinski definition) is 3. The van der Waals surface area contributed by atoms with Crippen LogP contribution in [-0.2, 0) is 17.8 Å². The number of benzene rings is 2. The van der Waals surface area contributed by atoms with Crippen LogP contribution in [0.3, 0.4) is 0 Å². The van der Waals surface area contributed by atoms with E-state index >= 15 is 0 Å². The zero-order valence-corrected chi connectivity index (χ0v) is 11.9. The van der Waals surface area contributed by atoms with Gasteiger partial charge in [-0.05, 0) is 29.7 Å². The first kappa shape index (κ1) is 15.7. The number of aromatic carboxylic acids is 1. The van der Waals surface area contributed by atoms with Gasteiger partial charge in [-0.1, -0.05) is 42.5 Å². The lowest BCUT2D eigenvalue weighted by Gasteiger charge is -2.15. The Balaban J connectivity index is 2.01. The summed E-state index contributed by atoms with van der Waals surface area (Å²) >= 11 is 0. The average Bonchev–Trinajstić information content (AvgIpc) is 2.52. The van der Waals surface area contributed by atoms with Gasteiger partial charge in [-0.2, -0.15) is 0 Å². The van der Waals surface area contributed by atoms with Gasteiger partial charge in [-0.15, -0.1) is 0 Å². The number of carbonyl (C=O) groups is 2. The molecule has 0 saturated heterocycles. The molecule has 0 aliphatic rings. The first-order valence-corrected chi connectivity index (χ1v) is 6.88. The van der Waals surface area contributed by atoms with E-state index in [4.69, 9.17) is 5.11 Å². The molecule has 1 atom stereocenters. The topological polar surface area (TPSA) is 86.6 Å². The van der Waals surface area contributed by atoms with E-state index in [0.29, 0.717) is 13.0 Å². The zero-order chi connectivity index (χ0) is 15.9. The number of carboxylic acid groups (broad SMARTS) is 2. The lowest BCUT2D eigenvalue weighted by molar-refractivity contribution is -0.139. The fourth-order valence-corrected chi connectivity index (χ4v) is 2.15. The van der Waals surface area contributed by atoms with E-state index in [1.807, 2.05) is 30.3 Å². The van der Waals surface area contributed by atoms with Gasteiger partial charge < -0.3 is 15.5 Å². The number of aliphatic carboxylic acids is 1. The van der Waals surface area contributed by atoms with Crippen LogP contribution in [0, 0.1) is 0 Å². The first-order valence-electron chi connectivity index (χ1n) is 6.88. The maximum atomic E-state index is 11.3. The molecule has 2 aromatic rings. The molecule has 5 nitrogen and oxygen atoms in total. The summed E-state index contributed by atoms with van der Waals surface area (Å²) in [4.78, 5) is 22.3. The van der Waals surface area contributed by atoms with Crippen LogP contribution in [0.1, 0.15) is 21.5 Å². The van der Waals surface area contributed by atoms with Crippen LogP contribution in [0.4, 0.5) is 0 Å². The third-order valence-electron chi connectivity index (χ3n) is 3.31. The van der Waals surface area contributed by atoms with E-state index in [9.17, 15) is 14.7 Å². The van der Waals surface area contributed by atoms with E-state index < -0.39 is 18.0 Å². The van der Waals surface area contributed by atoms with E-state index in [1.54, 1.807) is 12.1 Å². The summed E-state index contributed by atoms with van der Waals surface area (Å²) in [5.74, 6) is -1.93. The van der Waals surface area contributed by atoms with E-state index in [-0.39, 0.29) is 5.56 Å². The minimum atomic E-state index is -0.999. The zero-order valence-electron chi connectivity index (χ0n) is 11.9. The molecule has 114 valence electrons. The van der Waals surface area contributed by atoms with Crippen LogP contribution in [0.5, 0.6) is 0 Å². The van der Waals surface area contributed by atoms with Gasteiger partial charge in [0.1, 0.15) is 6.04 Å². The van der Waals surface area contributed by atoms with Crippen LogP contribution >= 0.6 is 0 Å². The molecular formula is C17H17NO4. The molecule has 0 aliphatic carbocycles. The van der Waals surface area contributed by atoms with Crippen molar-refractivity contribution in [2.75, 3.05) is 0 Å². The van der Waals surface area contributed by atoms with Crippen LogP contribution in [0.2, 0.25) is 0 Å². The molecule has 0 bridgehead atoms. The highest BCUT2D eigenvalue weighted by molar-refractivity contribution is 5.87. The fraction of sp³-hybridized carbons (Fsp3) is 0.176. The Morgan fingerprint density at radius 3 is 2.27 bits per heavy atom. The Labute approximate surface area is 128 Å². The quantitative estimate of drug-likeness (QED) is 0.729.